The normalized spacial score (nSPS) is 13.4. The maximum absolute atomic E-state index is 12.4. The Morgan fingerprint density at radius 2 is 0.923 bits per heavy atom. The zero-order chi connectivity index (χ0) is 29.0. The highest BCUT2D eigenvalue weighted by Gasteiger charge is 2.26. The van der Waals surface area contributed by atoms with Crippen LogP contribution in [0.5, 0.6) is 0 Å². The topological polar surface area (TPSA) is 104 Å². The molecule has 3 N–H and O–H groups in total. The van der Waals surface area contributed by atoms with Crippen LogP contribution in [0.2, 0.25) is 0 Å². The van der Waals surface area contributed by atoms with Gasteiger partial charge in [0.05, 0.1) is 17.9 Å². The van der Waals surface area contributed by atoms with Crippen molar-refractivity contribution in [3.8, 4) is 0 Å². The van der Waals surface area contributed by atoms with E-state index in [0.717, 1.165) is 44.9 Å². The lowest BCUT2D eigenvalue weighted by molar-refractivity contribution is -0.122. The highest BCUT2D eigenvalue weighted by atomic mass is 32.2. The number of hydrogen-bond acceptors (Lipinski definition) is 4. The van der Waals surface area contributed by atoms with Gasteiger partial charge in [-0.25, -0.2) is 0 Å². The number of unbranched alkanes of at least 4 members (excludes halogenated alkanes) is 22. The van der Waals surface area contributed by atoms with E-state index in [1.165, 1.54) is 109 Å². The molecule has 0 aromatic carbocycles. The molecule has 0 bridgehead atoms. The van der Waals surface area contributed by atoms with Crippen LogP contribution >= 0.6 is 0 Å². The molecule has 0 aliphatic heterocycles. The van der Waals surface area contributed by atoms with Gasteiger partial charge in [-0.05, 0) is 12.8 Å². The van der Waals surface area contributed by atoms with Gasteiger partial charge >= 0.3 is 0 Å². The third-order valence-corrected chi connectivity index (χ3v) is 8.59. The van der Waals surface area contributed by atoms with Crippen molar-refractivity contribution in [1.29, 1.82) is 0 Å². The van der Waals surface area contributed by atoms with Crippen molar-refractivity contribution >= 4 is 16.0 Å². The van der Waals surface area contributed by atoms with Gasteiger partial charge in [0.25, 0.3) is 10.1 Å². The number of amides is 1. The van der Waals surface area contributed by atoms with E-state index in [1.54, 1.807) is 0 Å². The molecule has 2 unspecified atom stereocenters. The van der Waals surface area contributed by atoms with Crippen LogP contribution in [0.1, 0.15) is 181 Å². The molecule has 1 amide bonds. The average Bonchev–Trinajstić information content (AvgIpc) is 2.88. The Kier molecular flexibility index (Phi) is 27.0. The summed E-state index contributed by atoms with van der Waals surface area (Å²) in [6.45, 7) is 4.43. The van der Waals surface area contributed by atoms with Crippen molar-refractivity contribution in [2.45, 2.75) is 193 Å². The fraction of sp³-hybridized carbons (Fsp3) is 0.969. The summed E-state index contributed by atoms with van der Waals surface area (Å²) in [5, 5.41) is 13.1. The maximum Gasteiger partial charge on any atom is 0.266 e. The molecule has 0 saturated heterocycles. The number of nitrogens with one attached hydrogen (secondary N) is 1. The van der Waals surface area contributed by atoms with Crippen LogP contribution in [0.15, 0.2) is 0 Å². The van der Waals surface area contributed by atoms with Crippen molar-refractivity contribution in [3.63, 3.8) is 0 Å². The molecule has 0 aromatic rings. The lowest BCUT2D eigenvalue weighted by Crippen LogP contribution is -2.47. The number of rotatable bonds is 30. The zero-order valence-electron chi connectivity index (χ0n) is 25.8. The Balaban J connectivity index is 3.77. The van der Waals surface area contributed by atoms with E-state index in [4.69, 9.17) is 0 Å². The molecule has 0 radical (unpaired) electrons. The Bertz CT molecular complexity index is 640. The molecule has 39 heavy (non-hydrogen) atoms. The molecular weight excluding hydrogens is 510 g/mol. The van der Waals surface area contributed by atoms with Gasteiger partial charge in [-0.3, -0.25) is 9.35 Å². The summed E-state index contributed by atoms with van der Waals surface area (Å²) in [6, 6.07) is -0.960. The lowest BCUT2D eigenvalue weighted by atomic mass is 10.0. The molecule has 0 aliphatic rings. The van der Waals surface area contributed by atoms with Gasteiger partial charge in [-0.2, -0.15) is 8.42 Å². The van der Waals surface area contributed by atoms with Crippen molar-refractivity contribution in [2.24, 2.45) is 0 Å². The van der Waals surface area contributed by atoms with Gasteiger partial charge in [0.1, 0.15) is 0 Å². The molecule has 234 valence electrons. The Morgan fingerprint density at radius 3 is 1.28 bits per heavy atom. The third kappa shape index (κ3) is 28.7. The van der Waals surface area contributed by atoms with Crippen LogP contribution in [0, 0.1) is 0 Å². The van der Waals surface area contributed by atoms with E-state index in [9.17, 15) is 22.9 Å². The summed E-state index contributed by atoms with van der Waals surface area (Å²) in [4.78, 5) is 12.4. The highest BCUT2D eigenvalue weighted by Crippen LogP contribution is 2.15. The molecule has 0 spiro atoms. The quantitative estimate of drug-likeness (QED) is 0.0586. The smallest absolute Gasteiger partial charge is 0.266 e. The second kappa shape index (κ2) is 27.5. The lowest BCUT2D eigenvalue weighted by Gasteiger charge is -2.23. The first-order chi connectivity index (χ1) is 18.8. The minimum absolute atomic E-state index is 0.248. The van der Waals surface area contributed by atoms with Crippen LogP contribution in [0.4, 0.5) is 0 Å². The Morgan fingerprint density at radius 1 is 0.590 bits per heavy atom. The minimum atomic E-state index is -4.28. The molecule has 7 heteroatoms. The highest BCUT2D eigenvalue weighted by molar-refractivity contribution is 7.85. The van der Waals surface area contributed by atoms with Crippen LogP contribution < -0.4 is 5.32 Å². The number of hydrogen-bond donors (Lipinski definition) is 3. The third-order valence-electron chi connectivity index (χ3n) is 7.81. The first kappa shape index (κ1) is 38.3. The van der Waals surface area contributed by atoms with Crippen molar-refractivity contribution in [2.75, 3.05) is 5.75 Å². The first-order valence-corrected chi connectivity index (χ1v) is 18.3. The van der Waals surface area contributed by atoms with Gasteiger partial charge in [0.15, 0.2) is 0 Å². The standard InChI is InChI=1S/C32H65NO5S/c1-3-5-7-9-11-12-13-14-15-16-17-18-19-20-21-22-24-26-28-32(35)33-30(29-39(36,37)38)31(34)27-25-23-10-8-6-4-2/h30-31,34H,3-29H2,1-2H3,(H,33,35)(H,36,37,38). The summed E-state index contributed by atoms with van der Waals surface area (Å²) in [7, 11) is -4.28. The van der Waals surface area contributed by atoms with Crippen LogP contribution in [-0.4, -0.2) is 41.9 Å². The number of carbonyl (C=O) groups is 1. The number of aliphatic hydroxyl groups is 1. The predicted molar refractivity (Wildman–Crippen MR) is 166 cm³/mol. The van der Waals surface area contributed by atoms with E-state index >= 15 is 0 Å². The van der Waals surface area contributed by atoms with E-state index in [0.29, 0.717) is 12.8 Å². The van der Waals surface area contributed by atoms with Gasteiger partial charge in [-0.15, -0.1) is 0 Å². The van der Waals surface area contributed by atoms with Crippen LogP contribution in [-0.2, 0) is 14.9 Å². The van der Waals surface area contributed by atoms with E-state index in [-0.39, 0.29) is 5.91 Å². The average molecular weight is 576 g/mol. The second-order valence-electron chi connectivity index (χ2n) is 11.8. The van der Waals surface area contributed by atoms with E-state index in [1.807, 2.05) is 0 Å². The molecule has 0 saturated carbocycles. The maximum atomic E-state index is 12.4. The summed E-state index contributed by atoms with van der Waals surface area (Å²) in [6.07, 6.45) is 29.4. The summed E-state index contributed by atoms with van der Waals surface area (Å²) < 4.78 is 32.1. The predicted octanol–water partition coefficient (Wildman–Crippen LogP) is 8.90. The fourth-order valence-corrected chi connectivity index (χ4v) is 6.04. The molecule has 0 aromatic heterocycles. The summed E-state index contributed by atoms with van der Waals surface area (Å²) >= 11 is 0. The molecular formula is C32H65NO5S. The fourth-order valence-electron chi connectivity index (χ4n) is 5.28. The SMILES string of the molecule is CCCCCCCCCCCCCCCCCCCCC(=O)NC(CS(=O)(=O)O)C(O)CCCCCCCC. The van der Waals surface area contributed by atoms with Crippen molar-refractivity contribution < 1.29 is 22.9 Å². The van der Waals surface area contributed by atoms with Crippen molar-refractivity contribution in [3.05, 3.63) is 0 Å². The molecule has 0 fully saturated rings. The molecule has 6 nitrogen and oxygen atoms in total. The van der Waals surface area contributed by atoms with Gasteiger partial charge in [-0.1, -0.05) is 162 Å². The monoisotopic (exact) mass is 575 g/mol. The second-order valence-corrected chi connectivity index (χ2v) is 13.3. The zero-order valence-corrected chi connectivity index (χ0v) is 26.6. The van der Waals surface area contributed by atoms with Crippen molar-refractivity contribution in [1.82, 2.24) is 5.32 Å². The number of aliphatic hydroxyl groups excluding tert-OH is 1. The molecule has 0 heterocycles. The molecule has 2 atom stereocenters. The summed E-state index contributed by atoms with van der Waals surface area (Å²) in [5.74, 6) is -0.892. The van der Waals surface area contributed by atoms with Crippen LogP contribution in [0.25, 0.3) is 0 Å². The largest absolute Gasteiger partial charge is 0.391 e. The van der Waals surface area contributed by atoms with Gasteiger partial charge in [0.2, 0.25) is 5.91 Å². The van der Waals surface area contributed by atoms with Gasteiger partial charge in [0, 0.05) is 6.42 Å². The van der Waals surface area contributed by atoms with E-state index in [2.05, 4.69) is 19.2 Å². The van der Waals surface area contributed by atoms with Gasteiger partial charge < -0.3 is 10.4 Å². The van der Waals surface area contributed by atoms with Crippen LogP contribution in [0.3, 0.4) is 0 Å². The Hall–Kier alpha value is -0.660. The summed E-state index contributed by atoms with van der Waals surface area (Å²) in [5.41, 5.74) is 0. The minimum Gasteiger partial charge on any atom is -0.391 e. The Labute approximate surface area is 242 Å². The van der Waals surface area contributed by atoms with E-state index < -0.39 is 28.0 Å². The first-order valence-electron chi connectivity index (χ1n) is 16.7. The molecule has 0 rings (SSSR count). The number of carbonyl (C=O) groups excluding carboxylic acids is 1. The molecule has 0 aliphatic carbocycles.